The van der Waals surface area contributed by atoms with Crippen molar-refractivity contribution < 1.29 is 23.6 Å². The highest BCUT2D eigenvalue weighted by atomic mass is 35.5. The zero-order chi connectivity index (χ0) is 28.6. The third-order valence-electron chi connectivity index (χ3n) is 6.27. The maximum atomic E-state index is 13.8. The molecule has 0 aliphatic carbocycles. The predicted molar refractivity (Wildman–Crippen MR) is 149 cm³/mol. The number of furan rings is 1. The molecule has 4 aromatic rings. The van der Waals surface area contributed by atoms with Crippen molar-refractivity contribution in [2.75, 3.05) is 13.7 Å². The van der Waals surface area contributed by atoms with Crippen molar-refractivity contribution in [3.05, 3.63) is 112 Å². The van der Waals surface area contributed by atoms with E-state index in [1.807, 2.05) is 18.2 Å². The first-order valence-corrected chi connectivity index (χ1v) is 13.3. The fraction of sp³-hybridized carbons (Fsp3) is 0.179. The molecule has 2 aromatic carbocycles. The summed E-state index contributed by atoms with van der Waals surface area (Å²) in [6.45, 7) is 3.46. The number of para-hydroxylation sites is 1. The van der Waals surface area contributed by atoms with Crippen LogP contribution in [-0.2, 0) is 9.53 Å². The number of hydrogen-bond acceptors (Lipinski definition) is 9. The number of benzene rings is 2. The molecule has 0 saturated carbocycles. The van der Waals surface area contributed by atoms with Gasteiger partial charge in [0.1, 0.15) is 23.3 Å². The highest BCUT2D eigenvalue weighted by Gasteiger charge is 2.35. The molecule has 12 heteroatoms. The van der Waals surface area contributed by atoms with Crippen molar-refractivity contribution in [1.82, 2.24) is 4.57 Å². The number of methoxy groups -OCH3 is 1. The lowest BCUT2D eigenvalue weighted by atomic mass is 10.0. The Morgan fingerprint density at radius 1 is 1.25 bits per heavy atom. The van der Waals surface area contributed by atoms with Gasteiger partial charge in [0.15, 0.2) is 4.80 Å². The van der Waals surface area contributed by atoms with Crippen LogP contribution in [0.2, 0.25) is 5.02 Å². The molecular formula is C28H22ClN3O7S. The first-order chi connectivity index (χ1) is 19.2. The largest absolute Gasteiger partial charge is 0.496 e. The average molecular weight is 580 g/mol. The van der Waals surface area contributed by atoms with Gasteiger partial charge in [-0.25, -0.2) is 9.79 Å². The van der Waals surface area contributed by atoms with Gasteiger partial charge < -0.3 is 13.9 Å². The second-order valence-corrected chi connectivity index (χ2v) is 10.1. The van der Waals surface area contributed by atoms with Gasteiger partial charge in [-0.3, -0.25) is 19.5 Å². The molecule has 204 valence electrons. The van der Waals surface area contributed by atoms with Crippen molar-refractivity contribution in [2.24, 2.45) is 4.99 Å². The number of halogens is 1. The van der Waals surface area contributed by atoms with E-state index in [1.54, 1.807) is 45.2 Å². The van der Waals surface area contributed by atoms with Gasteiger partial charge in [-0.1, -0.05) is 41.1 Å². The smallest absolute Gasteiger partial charge is 0.338 e. The van der Waals surface area contributed by atoms with Crippen molar-refractivity contribution in [1.29, 1.82) is 0 Å². The zero-order valence-corrected chi connectivity index (χ0v) is 23.1. The molecular weight excluding hydrogens is 558 g/mol. The van der Waals surface area contributed by atoms with E-state index in [1.165, 1.54) is 22.8 Å². The first kappa shape index (κ1) is 27.1. The molecule has 3 heterocycles. The summed E-state index contributed by atoms with van der Waals surface area (Å²) in [5, 5.41) is 11.6. The summed E-state index contributed by atoms with van der Waals surface area (Å²) in [4.78, 5) is 42.7. The molecule has 0 N–H and O–H groups in total. The number of fused-ring (bicyclic) bond motifs is 1. The minimum atomic E-state index is -0.999. The summed E-state index contributed by atoms with van der Waals surface area (Å²) in [7, 11) is 1.55. The van der Waals surface area contributed by atoms with E-state index >= 15 is 0 Å². The molecule has 0 spiro atoms. The van der Waals surface area contributed by atoms with Gasteiger partial charge in [-0.05, 0) is 44.2 Å². The number of carbonyl (C=O) groups is 1. The number of non-ortho nitro benzene ring substituents is 1. The number of nitro benzene ring substituents is 1. The van der Waals surface area contributed by atoms with Crippen molar-refractivity contribution in [3.63, 3.8) is 0 Å². The second-order valence-electron chi connectivity index (χ2n) is 8.67. The number of nitrogens with zero attached hydrogens (tertiary/aromatic N) is 3. The highest BCUT2D eigenvalue weighted by molar-refractivity contribution is 7.07. The standard InChI is InChI=1S/C28H22ClN3O7S/c1-4-38-27(34)24-15(2)30-28-31(26(33)23(40-28)13-16-7-5-6-8-20(16)37-3)25(24)22-12-11-21(39-22)18-14-17(32(35)36)9-10-19(18)29/h5-14,25H,4H2,1-3H3/b23-13-/t25-/m1/s1. The Bertz CT molecular complexity index is 1870. The van der Waals surface area contributed by atoms with E-state index in [0.29, 0.717) is 31.9 Å². The van der Waals surface area contributed by atoms with E-state index in [2.05, 4.69) is 4.99 Å². The van der Waals surface area contributed by atoms with Crippen LogP contribution in [-0.4, -0.2) is 29.2 Å². The molecule has 0 unspecified atom stereocenters. The van der Waals surface area contributed by atoms with Crippen molar-refractivity contribution in [3.8, 4) is 17.1 Å². The lowest BCUT2D eigenvalue weighted by Crippen LogP contribution is -2.39. The third kappa shape index (κ3) is 4.85. The fourth-order valence-electron chi connectivity index (χ4n) is 4.45. The molecule has 0 fully saturated rings. The molecule has 0 saturated heterocycles. The van der Waals surface area contributed by atoms with Crippen LogP contribution in [0.5, 0.6) is 5.75 Å². The number of nitro groups is 1. The van der Waals surface area contributed by atoms with Crippen LogP contribution in [0.1, 0.15) is 31.2 Å². The number of rotatable bonds is 7. The molecule has 1 aliphatic rings. The van der Waals surface area contributed by atoms with E-state index < -0.39 is 16.9 Å². The number of aromatic nitrogens is 1. The summed E-state index contributed by atoms with van der Waals surface area (Å²) in [5.41, 5.74) is 0.965. The number of ether oxygens (including phenoxy) is 2. The summed E-state index contributed by atoms with van der Waals surface area (Å²) in [5.74, 6) is 0.425. The lowest BCUT2D eigenvalue weighted by Gasteiger charge is -2.22. The third-order valence-corrected chi connectivity index (χ3v) is 7.58. The molecule has 1 atom stereocenters. The Labute approximate surface area is 236 Å². The van der Waals surface area contributed by atoms with E-state index in [9.17, 15) is 19.7 Å². The molecule has 0 amide bonds. The molecule has 5 rings (SSSR count). The Hall–Kier alpha value is -4.48. The zero-order valence-electron chi connectivity index (χ0n) is 21.5. The Morgan fingerprint density at radius 2 is 2.02 bits per heavy atom. The Morgan fingerprint density at radius 3 is 2.75 bits per heavy atom. The number of hydrogen-bond donors (Lipinski definition) is 0. The second kappa shape index (κ2) is 10.9. The van der Waals surface area contributed by atoms with Gasteiger partial charge in [0.05, 0.1) is 39.5 Å². The van der Waals surface area contributed by atoms with Crippen LogP contribution >= 0.6 is 22.9 Å². The maximum absolute atomic E-state index is 13.8. The summed E-state index contributed by atoms with van der Waals surface area (Å²) in [6.07, 6.45) is 1.71. The number of thiazole rings is 1. The van der Waals surface area contributed by atoms with E-state index in [-0.39, 0.29) is 40.0 Å². The summed E-state index contributed by atoms with van der Waals surface area (Å²) >= 11 is 7.50. The summed E-state index contributed by atoms with van der Waals surface area (Å²) in [6, 6.07) is 13.5. The molecule has 0 bridgehead atoms. The van der Waals surface area contributed by atoms with Gasteiger partial charge in [-0.2, -0.15) is 0 Å². The van der Waals surface area contributed by atoms with E-state index in [4.69, 9.17) is 25.5 Å². The number of esters is 1. The first-order valence-electron chi connectivity index (χ1n) is 12.1. The molecule has 0 radical (unpaired) electrons. The van der Waals surface area contributed by atoms with Crippen LogP contribution in [0.25, 0.3) is 17.4 Å². The minimum absolute atomic E-state index is 0.118. The van der Waals surface area contributed by atoms with Gasteiger partial charge in [0.2, 0.25) is 0 Å². The number of allylic oxidation sites excluding steroid dienone is 1. The molecule has 40 heavy (non-hydrogen) atoms. The number of carbonyl (C=O) groups excluding carboxylic acids is 1. The SMILES string of the molecule is CCOC(=O)C1=C(C)N=c2s/c(=C\c3ccccc3OC)c(=O)n2[C@@H]1c1ccc(-c2cc([N+](=O)[O-])ccc2Cl)o1. The van der Waals surface area contributed by atoms with Crippen LogP contribution in [0.15, 0.2) is 80.1 Å². The average Bonchev–Trinajstić information content (AvgIpc) is 3.53. The van der Waals surface area contributed by atoms with Crippen LogP contribution in [0, 0.1) is 10.1 Å². The van der Waals surface area contributed by atoms with Gasteiger partial charge >= 0.3 is 5.97 Å². The highest BCUT2D eigenvalue weighted by Crippen LogP contribution is 2.37. The van der Waals surface area contributed by atoms with E-state index in [0.717, 1.165) is 11.3 Å². The molecule has 1 aliphatic heterocycles. The lowest BCUT2D eigenvalue weighted by molar-refractivity contribution is -0.384. The monoisotopic (exact) mass is 579 g/mol. The van der Waals surface area contributed by atoms with Crippen molar-refractivity contribution >= 4 is 40.7 Å². The normalized spacial score (nSPS) is 15.0. The van der Waals surface area contributed by atoms with Crippen molar-refractivity contribution in [2.45, 2.75) is 19.9 Å². The van der Waals surface area contributed by atoms with Gasteiger partial charge in [0.25, 0.3) is 11.2 Å². The minimum Gasteiger partial charge on any atom is -0.496 e. The van der Waals surface area contributed by atoms with Gasteiger partial charge in [-0.15, -0.1) is 0 Å². The summed E-state index contributed by atoms with van der Waals surface area (Å²) < 4.78 is 18.6. The Kier molecular flexibility index (Phi) is 7.42. The van der Waals surface area contributed by atoms with Gasteiger partial charge in [0, 0.05) is 23.3 Å². The maximum Gasteiger partial charge on any atom is 0.338 e. The quantitative estimate of drug-likeness (QED) is 0.177. The Balaban J connectivity index is 1.71. The van der Waals surface area contributed by atoms with Crippen LogP contribution in [0.3, 0.4) is 0 Å². The predicted octanol–water partition coefficient (Wildman–Crippen LogP) is 4.63. The van der Waals surface area contributed by atoms with Crippen LogP contribution in [0.4, 0.5) is 5.69 Å². The topological polar surface area (TPSA) is 126 Å². The molecule has 2 aromatic heterocycles. The fourth-order valence-corrected chi connectivity index (χ4v) is 5.70. The van der Waals surface area contributed by atoms with Crippen LogP contribution < -0.4 is 19.6 Å². The molecule has 10 nitrogen and oxygen atoms in total.